The van der Waals surface area contributed by atoms with E-state index in [2.05, 4.69) is 10.6 Å². The number of amides is 2. The molecule has 1 heterocycles. The lowest BCUT2D eigenvalue weighted by atomic mass is 10.2. The Morgan fingerprint density at radius 3 is 2.59 bits per heavy atom. The largest absolute Gasteiger partial charge is 0.480 e. The molecule has 0 saturated heterocycles. The lowest BCUT2D eigenvalue weighted by Crippen LogP contribution is -2.51. The number of carboxylic acid groups (broad SMARTS) is 1. The Kier molecular flexibility index (Phi) is 7.15. The smallest absolute Gasteiger partial charge is 0.325 e. The van der Waals surface area contributed by atoms with Gasteiger partial charge in [0.2, 0.25) is 5.91 Å². The van der Waals surface area contributed by atoms with Gasteiger partial charge in [0.25, 0.3) is 5.91 Å². The molecule has 27 heavy (non-hydrogen) atoms. The number of carbonyl (C=O) groups is 3. The van der Waals surface area contributed by atoms with E-state index in [1.807, 2.05) is 12.3 Å². The SMILES string of the molecule is CSCCC(NC(=O)c1cc2cc(Cl)ccc2n1C)C(=O)NC(C)C(=O)O. The Balaban J connectivity index is 2.21. The molecule has 1 aromatic carbocycles. The van der Waals surface area contributed by atoms with Crippen molar-refractivity contribution < 1.29 is 19.5 Å². The van der Waals surface area contributed by atoms with Crippen LogP contribution in [0.3, 0.4) is 0 Å². The molecule has 0 aliphatic carbocycles. The first-order valence-electron chi connectivity index (χ1n) is 8.32. The summed E-state index contributed by atoms with van der Waals surface area (Å²) in [6.45, 7) is 1.38. The standard InChI is InChI=1S/C18H22ClN3O4S/c1-10(18(25)26)20-16(23)13(6-7-27-3)21-17(24)15-9-11-8-12(19)4-5-14(11)22(15)2/h4-5,8-10,13H,6-7H2,1-3H3,(H,20,23)(H,21,24)(H,25,26). The Hall–Kier alpha value is -2.19. The number of benzene rings is 1. The van der Waals surface area contributed by atoms with Gasteiger partial charge < -0.3 is 20.3 Å². The minimum atomic E-state index is -1.14. The highest BCUT2D eigenvalue weighted by Crippen LogP contribution is 2.22. The fourth-order valence-corrected chi connectivity index (χ4v) is 3.30. The molecule has 7 nitrogen and oxygen atoms in total. The van der Waals surface area contributed by atoms with Crippen molar-refractivity contribution in [3.63, 3.8) is 0 Å². The quantitative estimate of drug-likeness (QED) is 0.618. The van der Waals surface area contributed by atoms with Crippen LogP contribution in [0.5, 0.6) is 0 Å². The second-order valence-corrected chi connectivity index (χ2v) is 7.59. The first kappa shape index (κ1) is 21.1. The number of carbonyl (C=O) groups excluding carboxylic acids is 2. The monoisotopic (exact) mass is 411 g/mol. The number of aromatic nitrogens is 1. The van der Waals surface area contributed by atoms with Crippen molar-refractivity contribution in [3.8, 4) is 0 Å². The third kappa shape index (κ3) is 5.17. The number of hydrogen-bond donors (Lipinski definition) is 3. The number of aryl methyl sites for hydroxylation is 1. The fraction of sp³-hybridized carbons (Fsp3) is 0.389. The van der Waals surface area contributed by atoms with Gasteiger partial charge in [-0.1, -0.05) is 11.6 Å². The van der Waals surface area contributed by atoms with Crippen LogP contribution in [0.1, 0.15) is 23.8 Å². The molecule has 0 radical (unpaired) electrons. The Morgan fingerprint density at radius 1 is 1.26 bits per heavy atom. The number of nitrogens with one attached hydrogen (secondary N) is 2. The van der Waals surface area contributed by atoms with Crippen molar-refractivity contribution >= 4 is 52.0 Å². The topological polar surface area (TPSA) is 100 Å². The molecule has 2 aromatic rings. The molecule has 3 N–H and O–H groups in total. The molecule has 2 unspecified atom stereocenters. The van der Waals surface area contributed by atoms with Gasteiger partial charge in [-0.25, -0.2) is 0 Å². The van der Waals surface area contributed by atoms with Crippen LogP contribution in [0.15, 0.2) is 24.3 Å². The Labute approximate surface area is 166 Å². The van der Waals surface area contributed by atoms with Crippen LogP contribution in [0, 0.1) is 0 Å². The third-order valence-electron chi connectivity index (χ3n) is 4.20. The molecule has 0 aliphatic rings. The van der Waals surface area contributed by atoms with Gasteiger partial charge in [0.1, 0.15) is 17.8 Å². The molecule has 0 aliphatic heterocycles. The van der Waals surface area contributed by atoms with Crippen molar-refractivity contribution in [3.05, 3.63) is 35.0 Å². The zero-order valence-electron chi connectivity index (χ0n) is 15.3. The zero-order valence-corrected chi connectivity index (χ0v) is 16.9. The Morgan fingerprint density at radius 2 is 1.96 bits per heavy atom. The van der Waals surface area contributed by atoms with Gasteiger partial charge in [0.15, 0.2) is 0 Å². The van der Waals surface area contributed by atoms with Gasteiger partial charge in [-0.3, -0.25) is 14.4 Å². The molecule has 0 spiro atoms. The second kappa shape index (κ2) is 9.14. The number of rotatable bonds is 8. The fourth-order valence-electron chi connectivity index (χ4n) is 2.65. The van der Waals surface area contributed by atoms with E-state index in [1.165, 1.54) is 18.7 Å². The maximum atomic E-state index is 12.7. The predicted octanol–water partition coefficient (Wildman–Crippen LogP) is 2.27. The average molecular weight is 412 g/mol. The van der Waals surface area contributed by atoms with Crippen LogP contribution >= 0.6 is 23.4 Å². The summed E-state index contributed by atoms with van der Waals surface area (Å²) < 4.78 is 1.73. The molecule has 9 heteroatoms. The lowest BCUT2D eigenvalue weighted by Gasteiger charge is -2.20. The molecule has 0 fully saturated rings. The van der Waals surface area contributed by atoms with E-state index in [0.717, 1.165) is 10.9 Å². The number of aliphatic carboxylic acids is 1. The van der Waals surface area contributed by atoms with Crippen molar-refractivity contribution in [2.24, 2.45) is 7.05 Å². The summed E-state index contributed by atoms with van der Waals surface area (Å²) >= 11 is 7.54. The summed E-state index contributed by atoms with van der Waals surface area (Å²) in [5.74, 6) is -1.42. The van der Waals surface area contributed by atoms with Crippen LogP contribution in [-0.4, -0.2) is 51.5 Å². The van der Waals surface area contributed by atoms with E-state index in [4.69, 9.17) is 16.7 Å². The summed E-state index contributed by atoms with van der Waals surface area (Å²) in [6, 6.07) is 5.17. The second-order valence-electron chi connectivity index (χ2n) is 6.17. The van der Waals surface area contributed by atoms with Gasteiger partial charge in [0.05, 0.1) is 0 Å². The van der Waals surface area contributed by atoms with E-state index >= 15 is 0 Å². The van der Waals surface area contributed by atoms with Crippen LogP contribution in [0.25, 0.3) is 10.9 Å². The first-order valence-corrected chi connectivity index (χ1v) is 10.1. The van der Waals surface area contributed by atoms with Gasteiger partial charge >= 0.3 is 5.97 Å². The number of fused-ring (bicyclic) bond motifs is 1. The number of carboxylic acids is 1. The highest BCUT2D eigenvalue weighted by atomic mass is 35.5. The lowest BCUT2D eigenvalue weighted by molar-refractivity contribution is -0.141. The van der Waals surface area contributed by atoms with Gasteiger partial charge in [-0.05, 0) is 49.6 Å². The first-order chi connectivity index (χ1) is 12.7. The number of halogens is 1. The highest BCUT2D eigenvalue weighted by Gasteiger charge is 2.25. The van der Waals surface area contributed by atoms with Crippen molar-refractivity contribution in [2.45, 2.75) is 25.4 Å². The predicted molar refractivity (Wildman–Crippen MR) is 107 cm³/mol. The maximum absolute atomic E-state index is 12.7. The maximum Gasteiger partial charge on any atom is 0.325 e. The summed E-state index contributed by atoms with van der Waals surface area (Å²) in [7, 11) is 1.76. The molecule has 2 amide bonds. The zero-order chi connectivity index (χ0) is 20.1. The van der Waals surface area contributed by atoms with Crippen LogP contribution in [-0.2, 0) is 16.6 Å². The van der Waals surface area contributed by atoms with Crippen molar-refractivity contribution in [1.82, 2.24) is 15.2 Å². The summed E-state index contributed by atoms with van der Waals surface area (Å²) in [6.07, 6.45) is 2.28. The average Bonchev–Trinajstić information content (AvgIpc) is 2.94. The van der Waals surface area contributed by atoms with Crippen LogP contribution in [0.2, 0.25) is 5.02 Å². The van der Waals surface area contributed by atoms with Gasteiger partial charge in [0, 0.05) is 23.0 Å². The van der Waals surface area contributed by atoms with Gasteiger partial charge in [-0.2, -0.15) is 11.8 Å². The molecule has 0 saturated carbocycles. The minimum absolute atomic E-state index is 0.389. The van der Waals surface area contributed by atoms with Crippen LogP contribution < -0.4 is 10.6 Å². The summed E-state index contributed by atoms with van der Waals surface area (Å²) in [5, 5.41) is 15.5. The molecule has 2 rings (SSSR count). The summed E-state index contributed by atoms with van der Waals surface area (Å²) in [5.41, 5.74) is 1.23. The van der Waals surface area contributed by atoms with Crippen molar-refractivity contribution in [1.29, 1.82) is 0 Å². The Bertz CT molecular complexity index is 868. The van der Waals surface area contributed by atoms with Crippen LogP contribution in [0.4, 0.5) is 0 Å². The molecular formula is C18H22ClN3O4S. The van der Waals surface area contributed by atoms with E-state index in [1.54, 1.807) is 29.8 Å². The van der Waals surface area contributed by atoms with E-state index in [0.29, 0.717) is 22.9 Å². The van der Waals surface area contributed by atoms with E-state index in [9.17, 15) is 14.4 Å². The molecule has 1 aromatic heterocycles. The number of nitrogens with zero attached hydrogens (tertiary/aromatic N) is 1. The normalized spacial score (nSPS) is 13.2. The molecule has 0 bridgehead atoms. The van der Waals surface area contributed by atoms with Crippen molar-refractivity contribution in [2.75, 3.05) is 12.0 Å². The third-order valence-corrected chi connectivity index (χ3v) is 5.08. The minimum Gasteiger partial charge on any atom is -0.480 e. The number of hydrogen-bond acceptors (Lipinski definition) is 4. The van der Waals surface area contributed by atoms with E-state index < -0.39 is 29.9 Å². The molecule has 146 valence electrons. The van der Waals surface area contributed by atoms with Gasteiger partial charge in [-0.15, -0.1) is 0 Å². The number of thioether (sulfide) groups is 1. The molecule has 2 atom stereocenters. The molecular weight excluding hydrogens is 390 g/mol. The van der Waals surface area contributed by atoms with E-state index in [-0.39, 0.29) is 0 Å². The summed E-state index contributed by atoms with van der Waals surface area (Å²) in [4.78, 5) is 36.1. The highest BCUT2D eigenvalue weighted by molar-refractivity contribution is 7.98.